The molecule has 0 radical (unpaired) electrons. The zero-order chi connectivity index (χ0) is 20.3. The van der Waals surface area contributed by atoms with E-state index in [1.807, 2.05) is 41.3 Å². The maximum atomic E-state index is 13.1. The van der Waals surface area contributed by atoms with Crippen LogP contribution in [0.3, 0.4) is 0 Å². The highest BCUT2D eigenvalue weighted by Crippen LogP contribution is 2.39. The lowest BCUT2D eigenvalue weighted by atomic mass is 9.87. The lowest BCUT2D eigenvalue weighted by Gasteiger charge is -2.45. The number of carbonyl (C=O) groups excluding carboxylic acids is 1. The number of amides is 1. The lowest BCUT2D eigenvalue weighted by molar-refractivity contribution is -0.136. The fourth-order valence-corrected chi connectivity index (χ4v) is 6.38. The van der Waals surface area contributed by atoms with Gasteiger partial charge in [-0.05, 0) is 49.8 Å². The minimum Gasteiger partial charge on any atom is -0.336 e. The molecule has 2 saturated heterocycles. The predicted molar refractivity (Wildman–Crippen MR) is 113 cm³/mol. The van der Waals surface area contributed by atoms with Crippen molar-refractivity contribution in [2.45, 2.75) is 49.0 Å². The van der Waals surface area contributed by atoms with Gasteiger partial charge >= 0.3 is 0 Å². The van der Waals surface area contributed by atoms with Crippen molar-refractivity contribution in [1.82, 2.24) is 9.21 Å². The summed E-state index contributed by atoms with van der Waals surface area (Å²) in [5.74, 6) is 0.144. The van der Waals surface area contributed by atoms with Gasteiger partial charge < -0.3 is 4.90 Å². The molecule has 2 fully saturated rings. The molecule has 4 rings (SSSR count). The predicted octanol–water partition coefficient (Wildman–Crippen LogP) is 3.47. The number of likely N-dealkylation sites (tertiary alicyclic amines) is 1. The summed E-state index contributed by atoms with van der Waals surface area (Å²) < 4.78 is 27.9. The first-order valence-corrected chi connectivity index (χ1v) is 11.8. The fourth-order valence-electron chi connectivity index (χ4n) is 4.80. The van der Waals surface area contributed by atoms with E-state index >= 15 is 0 Å². The summed E-state index contributed by atoms with van der Waals surface area (Å²) in [5.41, 5.74) is 0.805. The average molecular weight is 413 g/mol. The van der Waals surface area contributed by atoms with Crippen LogP contribution in [0.2, 0.25) is 0 Å². The van der Waals surface area contributed by atoms with E-state index in [0.29, 0.717) is 24.4 Å². The van der Waals surface area contributed by atoms with Crippen molar-refractivity contribution in [1.29, 1.82) is 0 Å². The third-order valence-electron chi connectivity index (χ3n) is 6.27. The lowest BCUT2D eigenvalue weighted by Crippen LogP contribution is -2.58. The zero-order valence-electron chi connectivity index (χ0n) is 16.7. The van der Waals surface area contributed by atoms with Crippen molar-refractivity contribution in [2.75, 3.05) is 19.6 Å². The SMILES string of the molecule is O=C(CCc1ccccc1)N1CCCC12CCCN(S(=O)(=O)c1ccccc1)C2. The molecule has 0 aromatic heterocycles. The van der Waals surface area contributed by atoms with E-state index in [4.69, 9.17) is 0 Å². The molecule has 2 aliphatic heterocycles. The Balaban J connectivity index is 1.49. The second-order valence-corrected chi connectivity index (χ2v) is 10.1. The highest BCUT2D eigenvalue weighted by Gasteiger charge is 2.48. The summed E-state index contributed by atoms with van der Waals surface area (Å²) in [5, 5.41) is 0. The van der Waals surface area contributed by atoms with E-state index in [2.05, 4.69) is 0 Å². The molecule has 2 heterocycles. The van der Waals surface area contributed by atoms with Crippen LogP contribution < -0.4 is 0 Å². The Morgan fingerprint density at radius 1 is 0.897 bits per heavy atom. The van der Waals surface area contributed by atoms with Crippen LogP contribution in [-0.2, 0) is 21.2 Å². The molecule has 2 aromatic rings. The van der Waals surface area contributed by atoms with Gasteiger partial charge in [0.2, 0.25) is 15.9 Å². The topological polar surface area (TPSA) is 57.7 Å². The molecule has 0 aliphatic carbocycles. The number of nitrogens with zero attached hydrogens (tertiary/aromatic N) is 2. The number of benzene rings is 2. The van der Waals surface area contributed by atoms with Crippen LogP contribution >= 0.6 is 0 Å². The molecule has 0 bridgehead atoms. The van der Waals surface area contributed by atoms with Gasteiger partial charge in [0.15, 0.2) is 0 Å². The van der Waals surface area contributed by atoms with E-state index in [0.717, 1.165) is 44.2 Å². The molecular formula is C23H28N2O3S. The van der Waals surface area contributed by atoms with Gasteiger partial charge in [-0.3, -0.25) is 4.79 Å². The summed E-state index contributed by atoms with van der Waals surface area (Å²) in [6.07, 6.45) is 4.68. The monoisotopic (exact) mass is 412 g/mol. The maximum Gasteiger partial charge on any atom is 0.243 e. The van der Waals surface area contributed by atoms with Gasteiger partial charge in [0.05, 0.1) is 10.4 Å². The Bertz CT molecular complexity index is 947. The smallest absolute Gasteiger partial charge is 0.243 e. The molecule has 2 aromatic carbocycles. The molecule has 1 atom stereocenters. The first kappa shape index (κ1) is 20.1. The summed E-state index contributed by atoms with van der Waals surface area (Å²) >= 11 is 0. The molecule has 1 amide bonds. The third-order valence-corrected chi connectivity index (χ3v) is 8.13. The van der Waals surface area contributed by atoms with E-state index in [1.54, 1.807) is 28.6 Å². The Kier molecular flexibility index (Phi) is 5.74. The van der Waals surface area contributed by atoms with Crippen LogP contribution in [0.25, 0.3) is 0 Å². The van der Waals surface area contributed by atoms with E-state index in [9.17, 15) is 13.2 Å². The Labute approximate surface area is 173 Å². The van der Waals surface area contributed by atoms with Crippen LogP contribution in [0.1, 0.15) is 37.7 Å². The molecule has 29 heavy (non-hydrogen) atoms. The van der Waals surface area contributed by atoms with Crippen LogP contribution in [0.15, 0.2) is 65.6 Å². The average Bonchev–Trinajstić information content (AvgIpc) is 3.16. The standard InChI is InChI=1S/C23H28N2O3S/c26-22(14-13-20-9-3-1-4-10-20)25-18-8-16-23(25)15-7-17-24(19-23)29(27,28)21-11-5-2-6-12-21/h1-6,9-12H,7-8,13-19H2. The summed E-state index contributed by atoms with van der Waals surface area (Å²) in [6.45, 7) is 1.65. The molecule has 1 spiro atoms. The van der Waals surface area contributed by atoms with Crippen molar-refractivity contribution in [3.63, 3.8) is 0 Å². The van der Waals surface area contributed by atoms with Crippen LogP contribution in [0, 0.1) is 0 Å². The molecule has 0 saturated carbocycles. The number of hydrogen-bond acceptors (Lipinski definition) is 3. The summed E-state index contributed by atoms with van der Waals surface area (Å²) in [4.78, 5) is 15.4. The van der Waals surface area contributed by atoms with Crippen molar-refractivity contribution in [3.8, 4) is 0 Å². The van der Waals surface area contributed by atoms with Gasteiger partial charge in [0.1, 0.15) is 0 Å². The minimum absolute atomic E-state index is 0.144. The van der Waals surface area contributed by atoms with Crippen molar-refractivity contribution < 1.29 is 13.2 Å². The first-order valence-electron chi connectivity index (χ1n) is 10.4. The van der Waals surface area contributed by atoms with Gasteiger partial charge in [-0.15, -0.1) is 0 Å². The quantitative estimate of drug-likeness (QED) is 0.756. The largest absolute Gasteiger partial charge is 0.336 e. The normalized spacial score (nSPS) is 22.8. The molecular weight excluding hydrogens is 384 g/mol. The maximum absolute atomic E-state index is 13.1. The number of sulfonamides is 1. The molecule has 6 heteroatoms. The van der Waals surface area contributed by atoms with E-state index in [-0.39, 0.29) is 11.4 Å². The molecule has 0 N–H and O–H groups in total. The number of carbonyl (C=O) groups is 1. The molecule has 5 nitrogen and oxygen atoms in total. The molecule has 154 valence electrons. The number of piperidine rings is 1. The highest BCUT2D eigenvalue weighted by atomic mass is 32.2. The zero-order valence-corrected chi connectivity index (χ0v) is 17.5. The molecule has 2 aliphatic rings. The van der Waals surface area contributed by atoms with E-state index in [1.165, 1.54) is 0 Å². The Morgan fingerprint density at radius 3 is 2.21 bits per heavy atom. The van der Waals surface area contributed by atoms with Gasteiger partial charge in [-0.25, -0.2) is 8.42 Å². The van der Waals surface area contributed by atoms with Gasteiger partial charge in [0, 0.05) is 26.1 Å². The van der Waals surface area contributed by atoms with Crippen LogP contribution in [0.5, 0.6) is 0 Å². The van der Waals surface area contributed by atoms with Crippen LogP contribution in [-0.4, -0.2) is 48.7 Å². The van der Waals surface area contributed by atoms with Crippen molar-refractivity contribution in [3.05, 3.63) is 66.2 Å². The summed E-state index contributed by atoms with van der Waals surface area (Å²) in [6, 6.07) is 18.7. The minimum atomic E-state index is -3.53. The van der Waals surface area contributed by atoms with Crippen molar-refractivity contribution in [2.24, 2.45) is 0 Å². The first-order chi connectivity index (χ1) is 14.0. The van der Waals surface area contributed by atoms with Gasteiger partial charge in [-0.2, -0.15) is 4.31 Å². The number of aryl methyl sites for hydroxylation is 1. The fraction of sp³-hybridized carbons (Fsp3) is 0.435. The number of hydrogen-bond donors (Lipinski definition) is 0. The second kappa shape index (κ2) is 8.28. The van der Waals surface area contributed by atoms with Crippen LogP contribution in [0.4, 0.5) is 0 Å². The highest BCUT2D eigenvalue weighted by molar-refractivity contribution is 7.89. The van der Waals surface area contributed by atoms with Gasteiger partial charge in [0.25, 0.3) is 0 Å². The van der Waals surface area contributed by atoms with Crippen molar-refractivity contribution >= 4 is 15.9 Å². The summed E-state index contributed by atoms with van der Waals surface area (Å²) in [7, 11) is -3.53. The second-order valence-electron chi connectivity index (χ2n) is 8.11. The Morgan fingerprint density at radius 2 is 1.52 bits per heavy atom. The molecule has 1 unspecified atom stereocenters. The number of rotatable bonds is 5. The van der Waals surface area contributed by atoms with E-state index < -0.39 is 10.0 Å². The Hall–Kier alpha value is -2.18. The third kappa shape index (κ3) is 4.09. The van der Waals surface area contributed by atoms with Gasteiger partial charge in [-0.1, -0.05) is 48.5 Å².